The Hall–Kier alpha value is -0.540. The molecule has 0 spiro atoms. The van der Waals surface area contributed by atoms with Crippen molar-refractivity contribution in [2.45, 2.75) is 56.7 Å². The second-order valence-electron chi connectivity index (χ2n) is 5.63. The van der Waals surface area contributed by atoms with E-state index in [2.05, 4.69) is 0 Å². The summed E-state index contributed by atoms with van der Waals surface area (Å²) in [6.45, 7) is 1.96. The van der Waals surface area contributed by atoms with E-state index < -0.39 is 0 Å². The molecule has 0 amide bonds. The second kappa shape index (κ2) is 7.30. The van der Waals surface area contributed by atoms with Crippen molar-refractivity contribution in [3.63, 3.8) is 0 Å². The molecule has 1 aliphatic carbocycles. The molecule has 106 valence electrons. The van der Waals surface area contributed by atoms with Gasteiger partial charge in [0.25, 0.3) is 0 Å². The average Bonchev–Trinajstić information content (AvgIpc) is 2.41. The van der Waals surface area contributed by atoms with Gasteiger partial charge in [0, 0.05) is 17.0 Å². The highest BCUT2D eigenvalue weighted by Gasteiger charge is 2.15. The Kier molecular flexibility index (Phi) is 5.71. The van der Waals surface area contributed by atoms with Crippen molar-refractivity contribution in [2.24, 2.45) is 5.73 Å². The molecule has 0 aliphatic heterocycles. The van der Waals surface area contributed by atoms with Crippen LogP contribution >= 0.6 is 11.8 Å². The van der Waals surface area contributed by atoms with Gasteiger partial charge in [-0.2, -0.15) is 11.8 Å². The number of benzene rings is 1. The van der Waals surface area contributed by atoms with Crippen molar-refractivity contribution in [1.82, 2.24) is 0 Å². The van der Waals surface area contributed by atoms with Gasteiger partial charge >= 0.3 is 0 Å². The number of nitrogens with two attached hydrogens (primary N) is 1. The van der Waals surface area contributed by atoms with Crippen LogP contribution in [0.2, 0.25) is 0 Å². The summed E-state index contributed by atoms with van der Waals surface area (Å²) in [6, 6.07) is 5.17. The fourth-order valence-electron chi connectivity index (χ4n) is 2.72. The summed E-state index contributed by atoms with van der Waals surface area (Å²) in [5.74, 6) is 0.855. The van der Waals surface area contributed by atoms with Gasteiger partial charge in [0.1, 0.15) is 5.82 Å². The molecule has 1 aromatic carbocycles. The Labute approximate surface area is 120 Å². The number of aryl methyl sites for hydroxylation is 1. The number of rotatable bonds is 5. The van der Waals surface area contributed by atoms with E-state index in [-0.39, 0.29) is 11.9 Å². The maximum Gasteiger partial charge on any atom is 0.123 e. The smallest absolute Gasteiger partial charge is 0.123 e. The highest BCUT2D eigenvalue weighted by molar-refractivity contribution is 7.99. The molecule has 0 saturated heterocycles. The Morgan fingerprint density at radius 2 is 2.05 bits per heavy atom. The Morgan fingerprint density at radius 3 is 2.74 bits per heavy atom. The fourth-order valence-corrected chi connectivity index (χ4v) is 4.03. The highest BCUT2D eigenvalue weighted by atomic mass is 32.2. The van der Waals surface area contributed by atoms with Crippen LogP contribution in [0.15, 0.2) is 18.2 Å². The fraction of sp³-hybridized carbons (Fsp3) is 0.625. The van der Waals surface area contributed by atoms with Crippen LogP contribution in [0, 0.1) is 12.7 Å². The van der Waals surface area contributed by atoms with E-state index in [0.29, 0.717) is 0 Å². The summed E-state index contributed by atoms with van der Waals surface area (Å²) in [7, 11) is 0. The van der Waals surface area contributed by atoms with Crippen LogP contribution in [0.5, 0.6) is 0 Å². The summed E-state index contributed by atoms with van der Waals surface area (Å²) in [5.41, 5.74) is 8.41. The first-order valence-corrected chi connectivity index (χ1v) is 8.32. The van der Waals surface area contributed by atoms with Crippen molar-refractivity contribution in [2.75, 3.05) is 5.75 Å². The standard InChI is InChI=1S/C16H24FNS/c1-12-9-14(17)8-7-13(12)10-15(18)11-19-16-5-3-2-4-6-16/h7-9,15-16H,2-6,10-11,18H2,1H3. The predicted octanol–water partition coefficient (Wildman–Crippen LogP) is 4.07. The van der Waals surface area contributed by atoms with Crippen molar-refractivity contribution < 1.29 is 4.39 Å². The minimum Gasteiger partial charge on any atom is -0.327 e. The van der Waals surface area contributed by atoms with Crippen LogP contribution in [0.1, 0.15) is 43.2 Å². The first-order chi connectivity index (χ1) is 9.15. The molecule has 0 radical (unpaired) electrons. The molecule has 1 atom stereocenters. The van der Waals surface area contributed by atoms with Gasteiger partial charge in [0.05, 0.1) is 0 Å². The molecule has 3 heteroatoms. The summed E-state index contributed by atoms with van der Waals surface area (Å²) in [5, 5.41) is 0.814. The molecule has 1 fully saturated rings. The van der Waals surface area contributed by atoms with Gasteiger partial charge in [-0.25, -0.2) is 4.39 Å². The van der Waals surface area contributed by atoms with Gasteiger partial charge in [-0.3, -0.25) is 0 Å². The van der Waals surface area contributed by atoms with E-state index in [1.54, 1.807) is 6.07 Å². The number of hydrogen-bond donors (Lipinski definition) is 1. The van der Waals surface area contributed by atoms with Gasteiger partial charge in [0.2, 0.25) is 0 Å². The Morgan fingerprint density at radius 1 is 1.32 bits per heavy atom. The van der Waals surface area contributed by atoms with Crippen LogP contribution in [-0.4, -0.2) is 17.0 Å². The summed E-state index contributed by atoms with van der Waals surface area (Å²) >= 11 is 2.03. The van der Waals surface area contributed by atoms with Crippen molar-refractivity contribution in [3.8, 4) is 0 Å². The molecular formula is C16H24FNS. The number of thioether (sulfide) groups is 1. The lowest BCUT2D eigenvalue weighted by atomic mass is 10.0. The lowest BCUT2D eigenvalue weighted by Gasteiger charge is -2.22. The van der Waals surface area contributed by atoms with Crippen LogP contribution in [-0.2, 0) is 6.42 Å². The van der Waals surface area contributed by atoms with E-state index in [9.17, 15) is 4.39 Å². The van der Waals surface area contributed by atoms with Gasteiger partial charge in [-0.15, -0.1) is 0 Å². The molecule has 1 aromatic rings. The van der Waals surface area contributed by atoms with E-state index in [4.69, 9.17) is 5.73 Å². The molecule has 1 saturated carbocycles. The molecule has 2 rings (SSSR count). The lowest BCUT2D eigenvalue weighted by Crippen LogP contribution is -2.27. The van der Waals surface area contributed by atoms with E-state index in [1.165, 1.54) is 43.7 Å². The van der Waals surface area contributed by atoms with Gasteiger partial charge < -0.3 is 5.73 Å². The largest absolute Gasteiger partial charge is 0.327 e. The Bertz CT molecular complexity index is 402. The molecular weight excluding hydrogens is 257 g/mol. The third-order valence-corrected chi connectivity index (χ3v) is 5.45. The molecule has 19 heavy (non-hydrogen) atoms. The first-order valence-electron chi connectivity index (χ1n) is 7.27. The van der Waals surface area contributed by atoms with Crippen molar-refractivity contribution in [1.29, 1.82) is 0 Å². The molecule has 0 heterocycles. The van der Waals surface area contributed by atoms with Gasteiger partial charge in [0.15, 0.2) is 0 Å². The monoisotopic (exact) mass is 281 g/mol. The van der Waals surface area contributed by atoms with Crippen LogP contribution < -0.4 is 5.73 Å². The average molecular weight is 281 g/mol. The van der Waals surface area contributed by atoms with Crippen molar-refractivity contribution >= 4 is 11.8 Å². The van der Waals surface area contributed by atoms with Crippen LogP contribution in [0.4, 0.5) is 4.39 Å². The van der Waals surface area contributed by atoms with Gasteiger partial charge in [-0.1, -0.05) is 25.3 Å². The Balaban J connectivity index is 1.78. The zero-order valence-corrected chi connectivity index (χ0v) is 12.5. The third kappa shape index (κ3) is 4.81. The summed E-state index contributed by atoms with van der Waals surface area (Å²) < 4.78 is 13.0. The molecule has 1 aliphatic rings. The lowest BCUT2D eigenvalue weighted by molar-refractivity contribution is 0.515. The highest BCUT2D eigenvalue weighted by Crippen LogP contribution is 2.28. The normalized spacial score (nSPS) is 18.5. The molecule has 1 nitrogen and oxygen atoms in total. The zero-order chi connectivity index (χ0) is 13.7. The van der Waals surface area contributed by atoms with Crippen molar-refractivity contribution in [3.05, 3.63) is 35.1 Å². The number of hydrogen-bond acceptors (Lipinski definition) is 2. The summed E-state index contributed by atoms with van der Waals surface area (Å²) in [4.78, 5) is 0. The van der Waals surface area contributed by atoms with Gasteiger partial charge in [-0.05, 0) is 49.4 Å². The molecule has 2 N–H and O–H groups in total. The van der Waals surface area contributed by atoms with E-state index >= 15 is 0 Å². The van der Waals surface area contributed by atoms with E-state index in [1.807, 2.05) is 24.8 Å². The third-order valence-electron chi connectivity index (χ3n) is 3.88. The maximum absolute atomic E-state index is 13.0. The van der Waals surface area contributed by atoms with Crippen LogP contribution in [0.3, 0.4) is 0 Å². The minimum atomic E-state index is -0.161. The SMILES string of the molecule is Cc1cc(F)ccc1CC(N)CSC1CCCCC1. The second-order valence-corrected chi connectivity index (χ2v) is 6.96. The molecule has 1 unspecified atom stereocenters. The number of halogens is 1. The van der Waals surface area contributed by atoms with Crippen LogP contribution in [0.25, 0.3) is 0 Å². The van der Waals surface area contributed by atoms with E-state index in [0.717, 1.165) is 23.0 Å². The summed E-state index contributed by atoms with van der Waals surface area (Å²) in [6.07, 6.45) is 7.72. The first kappa shape index (κ1) is 14.9. The molecule has 0 bridgehead atoms. The molecule has 0 aromatic heterocycles. The zero-order valence-electron chi connectivity index (χ0n) is 11.7. The minimum absolute atomic E-state index is 0.161. The quantitative estimate of drug-likeness (QED) is 0.880. The predicted molar refractivity (Wildman–Crippen MR) is 82.1 cm³/mol. The maximum atomic E-state index is 13.0. The topological polar surface area (TPSA) is 26.0 Å².